The van der Waals surface area contributed by atoms with Gasteiger partial charge in [-0.05, 0) is 24.3 Å². The molecule has 0 atom stereocenters. The Bertz CT molecular complexity index is 646. The van der Waals surface area contributed by atoms with Crippen LogP contribution in [0, 0.1) is 0 Å². The number of rotatable bonds is 4. The first-order valence-electron chi connectivity index (χ1n) is 5.87. The van der Waals surface area contributed by atoms with E-state index in [0.717, 1.165) is 24.3 Å². The molecule has 0 fully saturated rings. The van der Waals surface area contributed by atoms with Crippen molar-refractivity contribution in [1.29, 1.82) is 0 Å². The first-order valence-corrected chi connectivity index (χ1v) is 5.87. The first-order chi connectivity index (χ1) is 9.87. The molecule has 21 heavy (non-hydrogen) atoms. The molecule has 0 aliphatic rings. The summed E-state index contributed by atoms with van der Waals surface area (Å²) in [5, 5.41) is 0. The van der Waals surface area contributed by atoms with Crippen LogP contribution >= 0.6 is 0 Å². The van der Waals surface area contributed by atoms with Gasteiger partial charge in [0.1, 0.15) is 5.75 Å². The number of carbonyl (C=O) groups excluding carboxylic acids is 2. The Hall–Kier alpha value is -2.63. The van der Waals surface area contributed by atoms with E-state index in [-0.39, 0.29) is 11.1 Å². The fraction of sp³-hybridized carbons (Fsp3) is 0.0667. The predicted molar refractivity (Wildman–Crippen MR) is 68.2 cm³/mol. The minimum atomic E-state index is -4.80. The summed E-state index contributed by atoms with van der Waals surface area (Å²) >= 11 is 0. The van der Waals surface area contributed by atoms with Crippen LogP contribution in [0.2, 0.25) is 0 Å². The number of alkyl halides is 3. The minimum absolute atomic E-state index is 0.00150. The van der Waals surface area contributed by atoms with Gasteiger partial charge in [0.05, 0.1) is 0 Å². The lowest BCUT2D eigenvalue weighted by molar-refractivity contribution is -0.274. The number of halogens is 3. The third-order valence-corrected chi connectivity index (χ3v) is 2.59. The van der Waals surface area contributed by atoms with Crippen LogP contribution in [0.15, 0.2) is 54.6 Å². The van der Waals surface area contributed by atoms with Crippen LogP contribution < -0.4 is 4.74 Å². The molecule has 0 aliphatic heterocycles. The Kier molecular flexibility index (Phi) is 4.07. The van der Waals surface area contributed by atoms with E-state index in [1.165, 1.54) is 12.1 Å². The van der Waals surface area contributed by atoms with Crippen molar-refractivity contribution < 1.29 is 27.5 Å². The van der Waals surface area contributed by atoms with E-state index in [0.29, 0.717) is 0 Å². The highest BCUT2D eigenvalue weighted by Gasteiger charge is 2.31. The van der Waals surface area contributed by atoms with Gasteiger partial charge < -0.3 is 4.74 Å². The number of ether oxygens (including phenoxy) is 1. The van der Waals surface area contributed by atoms with Crippen LogP contribution in [-0.4, -0.2) is 17.9 Å². The number of ketones is 2. The average molecular weight is 294 g/mol. The minimum Gasteiger partial charge on any atom is -0.406 e. The number of hydrogen-bond donors (Lipinski definition) is 0. The van der Waals surface area contributed by atoms with Crippen molar-refractivity contribution in [3.8, 4) is 5.75 Å². The summed E-state index contributed by atoms with van der Waals surface area (Å²) in [5.41, 5.74) is 0.219. The lowest BCUT2D eigenvalue weighted by atomic mass is 10.0. The molecule has 0 saturated heterocycles. The van der Waals surface area contributed by atoms with Gasteiger partial charge in [-0.2, -0.15) is 0 Å². The summed E-state index contributed by atoms with van der Waals surface area (Å²) < 4.78 is 39.7. The molecular weight excluding hydrogens is 285 g/mol. The standard InChI is InChI=1S/C15H9F3O3/c16-15(17,18)21-12-8-6-11(7-9-12)14(20)13(19)10-4-2-1-3-5-10/h1-9H. The molecule has 0 unspecified atom stereocenters. The second-order valence-electron chi connectivity index (χ2n) is 4.10. The highest BCUT2D eigenvalue weighted by atomic mass is 19.4. The van der Waals surface area contributed by atoms with E-state index in [1.54, 1.807) is 18.2 Å². The van der Waals surface area contributed by atoms with Crippen molar-refractivity contribution in [2.24, 2.45) is 0 Å². The SMILES string of the molecule is O=C(C(=O)c1ccc(OC(F)(F)F)cc1)c1ccccc1. The van der Waals surface area contributed by atoms with E-state index < -0.39 is 23.7 Å². The summed E-state index contributed by atoms with van der Waals surface area (Å²) in [5.74, 6) is -1.97. The smallest absolute Gasteiger partial charge is 0.406 e. The molecule has 0 radical (unpaired) electrons. The van der Waals surface area contributed by atoms with Gasteiger partial charge in [0.15, 0.2) is 0 Å². The zero-order valence-corrected chi connectivity index (χ0v) is 10.6. The van der Waals surface area contributed by atoms with Crippen LogP contribution in [0.4, 0.5) is 13.2 Å². The molecule has 6 heteroatoms. The molecule has 0 saturated carbocycles. The molecule has 2 aromatic rings. The van der Waals surface area contributed by atoms with Gasteiger partial charge in [-0.1, -0.05) is 30.3 Å². The maximum absolute atomic E-state index is 12.0. The third kappa shape index (κ3) is 3.92. The second-order valence-corrected chi connectivity index (χ2v) is 4.10. The lowest BCUT2D eigenvalue weighted by Gasteiger charge is -2.08. The zero-order valence-electron chi connectivity index (χ0n) is 10.6. The highest BCUT2D eigenvalue weighted by molar-refractivity contribution is 6.49. The largest absolute Gasteiger partial charge is 0.573 e. The molecule has 108 valence electrons. The molecule has 0 bridgehead atoms. The van der Waals surface area contributed by atoms with Gasteiger partial charge >= 0.3 is 6.36 Å². The third-order valence-electron chi connectivity index (χ3n) is 2.59. The van der Waals surface area contributed by atoms with Crippen LogP contribution in [0.25, 0.3) is 0 Å². The predicted octanol–water partition coefficient (Wildman–Crippen LogP) is 3.65. The van der Waals surface area contributed by atoms with Crippen molar-refractivity contribution in [3.63, 3.8) is 0 Å². The van der Waals surface area contributed by atoms with Gasteiger partial charge in [0.2, 0.25) is 11.6 Å². The lowest BCUT2D eigenvalue weighted by Crippen LogP contribution is -2.17. The molecule has 0 aliphatic carbocycles. The summed E-state index contributed by atoms with van der Waals surface area (Å²) in [7, 11) is 0. The van der Waals surface area contributed by atoms with Gasteiger partial charge in [0, 0.05) is 11.1 Å². The Morgan fingerprint density at radius 2 is 1.24 bits per heavy atom. The van der Waals surface area contributed by atoms with E-state index in [1.807, 2.05) is 0 Å². The molecule has 0 N–H and O–H groups in total. The number of benzene rings is 2. The first kappa shape index (κ1) is 14.8. The van der Waals surface area contributed by atoms with Crippen molar-refractivity contribution in [2.45, 2.75) is 6.36 Å². The van der Waals surface area contributed by atoms with Gasteiger partial charge in [-0.25, -0.2) is 0 Å². The van der Waals surface area contributed by atoms with Crippen LogP contribution in [0.1, 0.15) is 20.7 Å². The Morgan fingerprint density at radius 3 is 1.71 bits per heavy atom. The van der Waals surface area contributed by atoms with Gasteiger partial charge in [0.25, 0.3) is 0 Å². The van der Waals surface area contributed by atoms with Crippen molar-refractivity contribution in [2.75, 3.05) is 0 Å². The fourth-order valence-corrected chi connectivity index (χ4v) is 1.66. The summed E-state index contributed by atoms with van der Waals surface area (Å²) in [6.45, 7) is 0. The van der Waals surface area contributed by atoms with E-state index >= 15 is 0 Å². The summed E-state index contributed by atoms with van der Waals surface area (Å²) in [6, 6.07) is 12.1. The van der Waals surface area contributed by atoms with Crippen LogP contribution in [-0.2, 0) is 0 Å². The van der Waals surface area contributed by atoms with Gasteiger partial charge in [-0.3, -0.25) is 9.59 Å². The Morgan fingerprint density at radius 1 is 0.762 bits per heavy atom. The quantitative estimate of drug-likeness (QED) is 0.638. The molecule has 2 aromatic carbocycles. The summed E-state index contributed by atoms with van der Waals surface area (Å²) in [6.07, 6.45) is -4.80. The normalized spacial score (nSPS) is 11.0. The van der Waals surface area contributed by atoms with E-state index in [4.69, 9.17) is 0 Å². The monoisotopic (exact) mass is 294 g/mol. The van der Waals surface area contributed by atoms with Crippen LogP contribution in [0.3, 0.4) is 0 Å². The van der Waals surface area contributed by atoms with Gasteiger partial charge in [-0.15, -0.1) is 13.2 Å². The number of hydrogen-bond acceptors (Lipinski definition) is 3. The molecule has 0 aromatic heterocycles. The molecule has 0 spiro atoms. The van der Waals surface area contributed by atoms with E-state index in [9.17, 15) is 22.8 Å². The Balaban J connectivity index is 2.15. The second kappa shape index (κ2) is 5.78. The van der Waals surface area contributed by atoms with Crippen molar-refractivity contribution in [1.82, 2.24) is 0 Å². The van der Waals surface area contributed by atoms with Crippen LogP contribution in [0.5, 0.6) is 5.75 Å². The topological polar surface area (TPSA) is 43.4 Å². The Labute approximate surface area is 118 Å². The maximum Gasteiger partial charge on any atom is 0.573 e. The molecule has 2 rings (SSSR count). The summed E-state index contributed by atoms with van der Waals surface area (Å²) in [4.78, 5) is 23.8. The maximum atomic E-state index is 12.0. The number of carbonyl (C=O) groups is 2. The van der Waals surface area contributed by atoms with Crippen molar-refractivity contribution >= 4 is 11.6 Å². The highest BCUT2D eigenvalue weighted by Crippen LogP contribution is 2.23. The van der Waals surface area contributed by atoms with Crippen molar-refractivity contribution in [3.05, 3.63) is 65.7 Å². The number of Topliss-reactive ketones (excluding diaryl/α,β-unsaturated/α-hetero) is 2. The zero-order chi connectivity index (χ0) is 15.5. The van der Waals surface area contributed by atoms with E-state index in [2.05, 4.69) is 4.74 Å². The molecule has 0 heterocycles. The molecule has 3 nitrogen and oxygen atoms in total. The molecule has 0 amide bonds. The average Bonchev–Trinajstić information content (AvgIpc) is 2.46. The molecular formula is C15H9F3O3. The fourth-order valence-electron chi connectivity index (χ4n) is 1.66.